The van der Waals surface area contributed by atoms with E-state index in [1.807, 2.05) is 13.0 Å². The molecule has 1 aliphatic heterocycles. The molecule has 0 aromatic heterocycles. The summed E-state index contributed by atoms with van der Waals surface area (Å²) in [4.78, 5) is 13.9. The van der Waals surface area contributed by atoms with Crippen LogP contribution in [0.25, 0.3) is 0 Å². The van der Waals surface area contributed by atoms with Gasteiger partial charge in [-0.3, -0.25) is 0 Å². The lowest BCUT2D eigenvalue weighted by Gasteiger charge is -2.39. The summed E-state index contributed by atoms with van der Waals surface area (Å²) in [6, 6.07) is 4.79. The number of nitrogens with two attached hydrogens (primary N) is 1. The van der Waals surface area contributed by atoms with Crippen molar-refractivity contribution in [3.8, 4) is 0 Å². The third kappa shape index (κ3) is 2.16. The molecule has 2 amide bonds. The Morgan fingerprint density at radius 1 is 1.60 bits per heavy atom. The second-order valence-corrected chi connectivity index (χ2v) is 6.04. The minimum Gasteiger partial charge on any atom is -0.334 e. The highest BCUT2D eigenvalue weighted by Crippen LogP contribution is 2.42. The van der Waals surface area contributed by atoms with Crippen LogP contribution < -0.4 is 11.1 Å². The number of nitrogens with zero attached hydrogens (tertiary/aromatic N) is 1. The minimum absolute atomic E-state index is 0.146. The predicted molar refractivity (Wildman–Crippen MR) is 74.6 cm³/mol. The van der Waals surface area contributed by atoms with Gasteiger partial charge in [0, 0.05) is 30.7 Å². The summed E-state index contributed by atoms with van der Waals surface area (Å²) >= 11 is 0. The molecule has 3 rings (SSSR count). The number of likely N-dealkylation sites (tertiary alicyclic amines) is 1. The zero-order valence-corrected chi connectivity index (χ0v) is 11.7. The van der Waals surface area contributed by atoms with Crippen molar-refractivity contribution >= 4 is 6.03 Å². The second kappa shape index (κ2) is 4.74. The number of hydrogen-bond donors (Lipinski definition) is 2. The third-order valence-corrected chi connectivity index (χ3v) is 4.75. The topological polar surface area (TPSA) is 58.4 Å². The zero-order chi connectivity index (χ0) is 14.3. The van der Waals surface area contributed by atoms with Gasteiger partial charge in [-0.25, -0.2) is 9.18 Å². The Labute approximate surface area is 118 Å². The number of aryl methyl sites for hydroxylation is 1. The van der Waals surface area contributed by atoms with Gasteiger partial charge in [0.05, 0.1) is 0 Å². The van der Waals surface area contributed by atoms with Crippen LogP contribution in [0.2, 0.25) is 0 Å². The Hall–Kier alpha value is -1.62. The lowest BCUT2D eigenvalue weighted by molar-refractivity contribution is 0.187. The molecule has 1 saturated carbocycles. The van der Waals surface area contributed by atoms with Gasteiger partial charge >= 0.3 is 6.03 Å². The number of carbonyl (C=O) groups excluding carboxylic acids is 1. The van der Waals surface area contributed by atoms with Gasteiger partial charge in [-0.15, -0.1) is 0 Å². The summed E-state index contributed by atoms with van der Waals surface area (Å²) in [5.74, 6) is 0.158. The Balaban J connectivity index is 1.60. The molecule has 0 radical (unpaired) electrons. The van der Waals surface area contributed by atoms with Crippen molar-refractivity contribution in [1.82, 2.24) is 10.2 Å². The van der Waals surface area contributed by atoms with Crippen molar-refractivity contribution in [1.29, 1.82) is 0 Å². The molecule has 1 heterocycles. The normalized spacial score (nSPS) is 27.9. The van der Waals surface area contributed by atoms with Crippen molar-refractivity contribution in [3.63, 3.8) is 0 Å². The van der Waals surface area contributed by atoms with Crippen LogP contribution in [0, 0.1) is 18.7 Å². The minimum atomic E-state index is -0.276. The first kappa shape index (κ1) is 13.4. The van der Waals surface area contributed by atoms with Crippen LogP contribution in [0.5, 0.6) is 0 Å². The molecule has 2 fully saturated rings. The van der Waals surface area contributed by atoms with Crippen LogP contribution in [0.1, 0.15) is 24.0 Å². The quantitative estimate of drug-likeness (QED) is 0.865. The summed E-state index contributed by atoms with van der Waals surface area (Å²) in [5, 5.41) is 2.80. The highest BCUT2D eigenvalue weighted by molar-refractivity contribution is 5.75. The summed E-state index contributed by atoms with van der Waals surface area (Å²) < 4.78 is 13.7. The van der Waals surface area contributed by atoms with Gasteiger partial charge < -0.3 is 16.0 Å². The summed E-state index contributed by atoms with van der Waals surface area (Å²) in [6.07, 6.45) is 2.10. The number of hydrogen-bond acceptors (Lipinski definition) is 2. The van der Waals surface area contributed by atoms with Crippen LogP contribution in [0.15, 0.2) is 18.2 Å². The summed E-state index contributed by atoms with van der Waals surface area (Å²) in [5.41, 5.74) is 7.43. The second-order valence-electron chi connectivity index (χ2n) is 6.04. The van der Waals surface area contributed by atoms with E-state index in [1.165, 1.54) is 6.07 Å². The highest BCUT2D eigenvalue weighted by Gasteiger charge is 2.51. The number of benzene rings is 1. The monoisotopic (exact) mass is 277 g/mol. The van der Waals surface area contributed by atoms with Gasteiger partial charge in [-0.05, 0) is 37.3 Å². The molecule has 0 unspecified atom stereocenters. The Morgan fingerprint density at radius 3 is 2.95 bits per heavy atom. The molecular formula is C15H20FN3O. The first-order valence-corrected chi connectivity index (χ1v) is 7.05. The van der Waals surface area contributed by atoms with Gasteiger partial charge in [-0.1, -0.05) is 12.1 Å². The molecule has 2 atom stereocenters. The number of amides is 2. The van der Waals surface area contributed by atoms with E-state index in [2.05, 4.69) is 5.32 Å². The van der Waals surface area contributed by atoms with E-state index in [0.717, 1.165) is 24.9 Å². The molecular weight excluding hydrogens is 257 g/mol. The fourth-order valence-corrected chi connectivity index (χ4v) is 3.21. The zero-order valence-electron chi connectivity index (χ0n) is 11.7. The van der Waals surface area contributed by atoms with E-state index in [1.54, 1.807) is 11.0 Å². The molecule has 0 bridgehead atoms. The maximum atomic E-state index is 13.7. The van der Waals surface area contributed by atoms with E-state index in [4.69, 9.17) is 5.73 Å². The molecule has 4 nitrogen and oxygen atoms in total. The van der Waals surface area contributed by atoms with Crippen molar-refractivity contribution in [3.05, 3.63) is 35.1 Å². The standard InChI is InChI=1S/C15H20FN3O/c1-10-3-2-4-13(16)12(10)7-18-14(20)19-8-11-5-6-15(11,17)9-19/h2-4,11H,5-9,17H2,1H3,(H,18,20)/t11-,15-/m0/s1. The molecule has 1 aromatic rings. The Bertz CT molecular complexity index is 528. The average Bonchev–Trinajstić information content (AvgIpc) is 2.62. The smallest absolute Gasteiger partial charge is 0.317 e. The predicted octanol–water partition coefficient (Wildman–Crippen LogP) is 1.77. The SMILES string of the molecule is Cc1cccc(F)c1CNC(=O)N1C[C@@H]2CC[C@]2(N)C1. The first-order valence-electron chi connectivity index (χ1n) is 7.05. The molecule has 20 heavy (non-hydrogen) atoms. The Kier molecular flexibility index (Phi) is 3.17. The van der Waals surface area contributed by atoms with Gasteiger partial charge in [0.2, 0.25) is 0 Å². The number of urea groups is 1. The van der Waals surface area contributed by atoms with Gasteiger partial charge in [-0.2, -0.15) is 0 Å². The van der Waals surface area contributed by atoms with E-state index in [-0.39, 0.29) is 23.9 Å². The van der Waals surface area contributed by atoms with Crippen molar-refractivity contribution in [2.24, 2.45) is 11.7 Å². The van der Waals surface area contributed by atoms with Gasteiger partial charge in [0.25, 0.3) is 0 Å². The van der Waals surface area contributed by atoms with Crippen molar-refractivity contribution in [2.75, 3.05) is 13.1 Å². The van der Waals surface area contributed by atoms with Crippen LogP contribution >= 0.6 is 0 Å². The number of nitrogens with one attached hydrogen (secondary N) is 1. The molecule has 1 saturated heterocycles. The van der Waals surface area contributed by atoms with Crippen LogP contribution in [0.4, 0.5) is 9.18 Å². The molecule has 108 valence electrons. The fraction of sp³-hybridized carbons (Fsp3) is 0.533. The molecule has 1 aromatic carbocycles. The molecule has 5 heteroatoms. The van der Waals surface area contributed by atoms with Gasteiger partial charge in [0.15, 0.2) is 0 Å². The number of fused-ring (bicyclic) bond motifs is 1. The maximum absolute atomic E-state index is 13.7. The van der Waals surface area contributed by atoms with E-state index in [0.29, 0.717) is 18.0 Å². The maximum Gasteiger partial charge on any atom is 0.317 e. The van der Waals surface area contributed by atoms with Crippen LogP contribution in [0.3, 0.4) is 0 Å². The molecule has 2 aliphatic rings. The van der Waals surface area contributed by atoms with Crippen LogP contribution in [-0.2, 0) is 6.54 Å². The molecule has 0 spiro atoms. The van der Waals surface area contributed by atoms with E-state index in [9.17, 15) is 9.18 Å². The molecule has 1 aliphatic carbocycles. The number of halogens is 1. The number of rotatable bonds is 2. The van der Waals surface area contributed by atoms with Crippen molar-refractivity contribution < 1.29 is 9.18 Å². The van der Waals surface area contributed by atoms with Crippen molar-refractivity contribution in [2.45, 2.75) is 31.8 Å². The van der Waals surface area contributed by atoms with E-state index >= 15 is 0 Å². The average molecular weight is 277 g/mol. The fourth-order valence-electron chi connectivity index (χ4n) is 3.21. The largest absolute Gasteiger partial charge is 0.334 e. The van der Waals surface area contributed by atoms with E-state index < -0.39 is 0 Å². The molecule has 3 N–H and O–H groups in total. The number of carbonyl (C=O) groups is 1. The highest BCUT2D eigenvalue weighted by atomic mass is 19.1. The summed E-state index contributed by atoms with van der Waals surface area (Å²) in [7, 11) is 0. The Morgan fingerprint density at radius 2 is 2.40 bits per heavy atom. The van der Waals surface area contributed by atoms with Gasteiger partial charge in [0.1, 0.15) is 5.82 Å². The lowest BCUT2D eigenvalue weighted by atomic mass is 9.70. The summed E-state index contributed by atoms with van der Waals surface area (Å²) in [6.45, 7) is 3.39. The van der Waals surface area contributed by atoms with Crippen LogP contribution in [-0.4, -0.2) is 29.6 Å². The first-order chi connectivity index (χ1) is 9.49. The lowest BCUT2D eigenvalue weighted by Crippen LogP contribution is -2.55. The third-order valence-electron chi connectivity index (χ3n) is 4.75.